The van der Waals surface area contributed by atoms with Gasteiger partial charge in [-0.3, -0.25) is 4.68 Å². The monoisotopic (exact) mass is 499 g/mol. The van der Waals surface area contributed by atoms with Crippen LogP contribution in [0.15, 0.2) is 30.6 Å². The van der Waals surface area contributed by atoms with Crippen molar-refractivity contribution in [2.75, 3.05) is 29.8 Å². The molecule has 1 saturated heterocycles. The Bertz CT molecular complexity index is 1050. The molecule has 2 N–H and O–H groups in total. The molecule has 0 aliphatic carbocycles. The number of aryl methyl sites for hydroxylation is 1. The molecule has 3 rings (SSSR count). The average Bonchev–Trinajstić information content (AvgIpc) is 3.14. The fraction of sp³-hybridized carbons (Fsp3) is 0.565. The molecule has 1 aliphatic rings. The van der Waals surface area contributed by atoms with Crippen LogP contribution in [0.2, 0.25) is 0 Å². The Hall–Kier alpha value is -1.59. The van der Waals surface area contributed by atoms with Gasteiger partial charge in [0.1, 0.15) is 0 Å². The van der Waals surface area contributed by atoms with Crippen LogP contribution in [-0.4, -0.2) is 84.9 Å². The maximum Gasteiger partial charge on any atom is 0.334 e. The van der Waals surface area contributed by atoms with Gasteiger partial charge in [-0.05, 0) is 68.1 Å². The number of piperidine rings is 1. The summed E-state index contributed by atoms with van der Waals surface area (Å²) in [6.45, 7) is 9.90. The fourth-order valence-electron chi connectivity index (χ4n) is 4.04. The Morgan fingerprint density at radius 3 is 2.09 bits per heavy atom. The molecule has 1 aliphatic heterocycles. The number of urea groups is 1. The van der Waals surface area contributed by atoms with Crippen LogP contribution in [0, 0.1) is 0 Å². The molecule has 34 heavy (non-hydrogen) atoms. The molecule has 0 spiro atoms. The summed E-state index contributed by atoms with van der Waals surface area (Å²) in [5.74, 6) is 0.558. The van der Waals surface area contributed by atoms with E-state index >= 15 is 0 Å². The van der Waals surface area contributed by atoms with Crippen molar-refractivity contribution in [2.45, 2.75) is 58.4 Å². The molecular formula is C23H36N6NaO3S. The number of rotatable bonds is 7. The molecule has 0 saturated carbocycles. The zero-order chi connectivity index (χ0) is 24.3. The summed E-state index contributed by atoms with van der Waals surface area (Å²) in [7, 11) is -0.403. The van der Waals surface area contributed by atoms with Crippen molar-refractivity contribution in [1.82, 2.24) is 19.4 Å². The molecule has 11 heteroatoms. The number of hydrogen-bond donors (Lipinski definition) is 2. The summed E-state index contributed by atoms with van der Waals surface area (Å²) in [4.78, 5) is 15.0. The maximum atomic E-state index is 13.4. The number of likely N-dealkylation sites (tertiary alicyclic amines) is 1. The molecule has 0 unspecified atom stereocenters. The first-order chi connectivity index (χ1) is 15.5. The number of anilines is 2. The molecule has 2 amide bonds. The van der Waals surface area contributed by atoms with Gasteiger partial charge in [0.15, 0.2) is 0 Å². The van der Waals surface area contributed by atoms with E-state index in [2.05, 4.69) is 53.8 Å². The van der Waals surface area contributed by atoms with E-state index in [4.69, 9.17) is 0 Å². The minimum atomic E-state index is -4.15. The second-order valence-corrected chi connectivity index (χ2v) is 11.0. The van der Waals surface area contributed by atoms with Crippen molar-refractivity contribution in [3.05, 3.63) is 41.7 Å². The normalized spacial score (nSPS) is 15.3. The van der Waals surface area contributed by atoms with E-state index in [0.29, 0.717) is 24.2 Å². The zero-order valence-electron chi connectivity index (χ0n) is 21.4. The van der Waals surface area contributed by atoms with Crippen LogP contribution in [0.5, 0.6) is 0 Å². The van der Waals surface area contributed by atoms with Crippen molar-refractivity contribution in [3.63, 3.8) is 0 Å². The van der Waals surface area contributed by atoms with Gasteiger partial charge in [0, 0.05) is 54.5 Å². The number of amides is 2. The summed E-state index contributed by atoms with van der Waals surface area (Å²) in [5, 5.41) is 6.86. The molecule has 2 aromatic rings. The van der Waals surface area contributed by atoms with E-state index < -0.39 is 16.2 Å². The molecule has 0 bridgehead atoms. The second-order valence-electron chi connectivity index (χ2n) is 9.46. The van der Waals surface area contributed by atoms with Gasteiger partial charge in [-0.2, -0.15) is 13.5 Å². The standard InChI is InChI=1S/C23H36N6O3S.Na/c1-16(2)18-11-19(17(3)4)13-20(12-18)25-23(30)26-33(31,32)29(22-14-24-28(6)15-22)21-7-9-27(5)10-8-21;/h11-17,21H,7-10H2,1-6H3,(H2,25,26,30);. The molecule has 2 heterocycles. The van der Waals surface area contributed by atoms with Gasteiger partial charge in [0.25, 0.3) is 0 Å². The van der Waals surface area contributed by atoms with Gasteiger partial charge >= 0.3 is 16.2 Å². The van der Waals surface area contributed by atoms with E-state index in [1.165, 1.54) is 10.5 Å². The molecule has 1 aromatic heterocycles. The van der Waals surface area contributed by atoms with Crippen molar-refractivity contribution >= 4 is 57.2 Å². The topological polar surface area (TPSA) is 99.6 Å². The van der Waals surface area contributed by atoms with Crippen molar-refractivity contribution in [2.24, 2.45) is 7.05 Å². The van der Waals surface area contributed by atoms with Crippen LogP contribution in [-0.2, 0) is 17.3 Å². The van der Waals surface area contributed by atoms with E-state index in [0.717, 1.165) is 24.2 Å². The summed E-state index contributed by atoms with van der Waals surface area (Å²) in [6, 6.07) is 4.86. The third-order valence-electron chi connectivity index (χ3n) is 6.01. The second kappa shape index (κ2) is 11.9. The van der Waals surface area contributed by atoms with E-state index in [-0.39, 0.29) is 47.4 Å². The molecule has 183 valence electrons. The summed E-state index contributed by atoms with van der Waals surface area (Å²) in [5.41, 5.74) is 3.19. The number of carbonyl (C=O) groups excluding carboxylic acids is 1. The van der Waals surface area contributed by atoms with Gasteiger partial charge in [-0.25, -0.2) is 13.8 Å². The third-order valence-corrected chi connectivity index (χ3v) is 7.49. The number of nitrogens with one attached hydrogen (secondary N) is 2. The summed E-state index contributed by atoms with van der Waals surface area (Å²) < 4.78 is 31.8. The molecule has 1 fully saturated rings. The maximum absolute atomic E-state index is 13.4. The van der Waals surface area contributed by atoms with Crippen LogP contribution >= 0.6 is 0 Å². The van der Waals surface area contributed by atoms with Crippen LogP contribution in [0.25, 0.3) is 0 Å². The molecule has 9 nitrogen and oxygen atoms in total. The Morgan fingerprint density at radius 2 is 1.62 bits per heavy atom. The van der Waals surface area contributed by atoms with Gasteiger partial charge in [0.2, 0.25) is 0 Å². The van der Waals surface area contributed by atoms with E-state index in [1.807, 2.05) is 19.2 Å². The van der Waals surface area contributed by atoms with Crippen molar-refractivity contribution in [3.8, 4) is 0 Å². The number of aromatic nitrogens is 2. The fourth-order valence-corrected chi connectivity index (χ4v) is 5.39. The van der Waals surface area contributed by atoms with Crippen molar-refractivity contribution in [1.29, 1.82) is 0 Å². The quantitative estimate of drug-likeness (QED) is 0.570. The molecule has 1 radical (unpaired) electrons. The summed E-state index contributed by atoms with van der Waals surface area (Å²) in [6.07, 6.45) is 4.50. The first kappa shape index (κ1) is 28.6. The van der Waals surface area contributed by atoms with Gasteiger partial charge < -0.3 is 10.2 Å². The largest absolute Gasteiger partial charge is 0.334 e. The first-order valence-electron chi connectivity index (χ1n) is 11.4. The number of nitrogens with zero attached hydrogens (tertiary/aromatic N) is 4. The van der Waals surface area contributed by atoms with Crippen LogP contribution in [0.1, 0.15) is 63.5 Å². The summed E-state index contributed by atoms with van der Waals surface area (Å²) >= 11 is 0. The first-order valence-corrected chi connectivity index (χ1v) is 12.9. The Labute approximate surface area is 225 Å². The van der Waals surface area contributed by atoms with Crippen LogP contribution in [0.3, 0.4) is 0 Å². The van der Waals surface area contributed by atoms with E-state index in [1.54, 1.807) is 17.9 Å². The van der Waals surface area contributed by atoms with Gasteiger partial charge in [-0.1, -0.05) is 33.8 Å². The number of benzene rings is 1. The van der Waals surface area contributed by atoms with Crippen LogP contribution in [0.4, 0.5) is 16.2 Å². The number of carbonyl (C=O) groups is 1. The predicted molar refractivity (Wildman–Crippen MR) is 138 cm³/mol. The number of hydrogen-bond acceptors (Lipinski definition) is 5. The molecular weight excluding hydrogens is 463 g/mol. The Morgan fingerprint density at radius 1 is 1.06 bits per heavy atom. The third kappa shape index (κ3) is 7.21. The smallest absolute Gasteiger partial charge is 0.307 e. The minimum Gasteiger partial charge on any atom is -0.307 e. The van der Waals surface area contributed by atoms with Gasteiger partial charge in [0.05, 0.1) is 11.9 Å². The Kier molecular flexibility index (Phi) is 10.0. The minimum absolute atomic E-state index is 0. The molecule has 0 atom stereocenters. The predicted octanol–water partition coefficient (Wildman–Crippen LogP) is 3.25. The Balaban J connectivity index is 0.00000408. The van der Waals surface area contributed by atoms with Crippen LogP contribution < -0.4 is 14.3 Å². The van der Waals surface area contributed by atoms with Crippen molar-refractivity contribution < 1.29 is 13.2 Å². The van der Waals surface area contributed by atoms with Gasteiger partial charge in [-0.15, -0.1) is 0 Å². The average molecular weight is 500 g/mol. The molecule has 1 aromatic carbocycles. The van der Waals surface area contributed by atoms with E-state index in [9.17, 15) is 13.2 Å². The zero-order valence-corrected chi connectivity index (χ0v) is 24.2. The SMILES string of the molecule is CC(C)c1cc(NC(=O)NS(=O)(=O)N(c2cnn(C)c2)C2CCN(C)CC2)cc(C(C)C)c1.[Na].